The first-order valence-corrected chi connectivity index (χ1v) is 18.8. The van der Waals surface area contributed by atoms with Crippen LogP contribution in [0.5, 0.6) is 0 Å². The fraction of sp³-hybridized carbons (Fsp3) is 1.00. The predicted octanol–water partition coefficient (Wildman–Crippen LogP) is 5.95. The second kappa shape index (κ2) is 24.3. The van der Waals surface area contributed by atoms with Gasteiger partial charge in [0, 0.05) is 26.4 Å². The molecule has 0 radical (unpaired) electrons. The van der Waals surface area contributed by atoms with Gasteiger partial charge in [-0.2, -0.15) is 0 Å². The summed E-state index contributed by atoms with van der Waals surface area (Å²) in [6.45, 7) is 5.78. The number of methoxy groups -OCH3 is 1. The zero-order chi connectivity index (χ0) is 30.2. The quantitative estimate of drug-likeness (QED) is 0.0722. The molecule has 0 N–H and O–H groups in total. The van der Waals surface area contributed by atoms with Crippen LogP contribution in [0.15, 0.2) is 0 Å². The van der Waals surface area contributed by atoms with Gasteiger partial charge in [0.05, 0.1) is 61.5 Å². The molecule has 0 aliphatic heterocycles. The smallest absolute Gasteiger partial charge is 0.150 e. The number of sulfone groups is 1. The Hall–Kier alpha value is -0.260. The van der Waals surface area contributed by atoms with Gasteiger partial charge in [-0.25, -0.2) is 16.8 Å². The second-order valence-corrected chi connectivity index (χ2v) is 15.6. The highest BCUT2D eigenvalue weighted by Gasteiger charge is 2.21. The minimum Gasteiger partial charge on any atom is -0.748 e. The molecule has 39 heavy (non-hydrogen) atoms. The normalized spacial score (nSPS) is 14.1. The molecule has 0 aromatic carbocycles. The molecule has 0 aromatic heterocycles. The molecule has 8 nitrogen and oxygen atoms in total. The van der Waals surface area contributed by atoms with E-state index in [1.165, 1.54) is 70.6 Å². The maximum absolute atomic E-state index is 12.3. The Labute approximate surface area is 242 Å². The highest BCUT2D eigenvalue weighted by Crippen LogP contribution is 2.18. The van der Waals surface area contributed by atoms with Gasteiger partial charge in [0.15, 0.2) is 9.84 Å². The molecule has 238 valence electrons. The molecule has 0 bridgehead atoms. The topological polar surface area (TPSA) is 110 Å². The summed E-state index contributed by atoms with van der Waals surface area (Å²) in [6, 6.07) is 0. The summed E-state index contributed by atoms with van der Waals surface area (Å²) in [6.07, 6.45) is 20.1. The molecule has 10 heteroatoms. The summed E-state index contributed by atoms with van der Waals surface area (Å²) in [5.41, 5.74) is 0. The van der Waals surface area contributed by atoms with Crippen molar-refractivity contribution >= 4 is 20.0 Å². The Kier molecular flexibility index (Phi) is 25.5. The third-order valence-corrected chi connectivity index (χ3v) is 8.50. The third kappa shape index (κ3) is 33.8. The van der Waals surface area contributed by atoms with E-state index in [2.05, 4.69) is 35.0 Å². The van der Waals surface area contributed by atoms with Gasteiger partial charge in [0.2, 0.25) is 0 Å². The molecule has 0 aliphatic carbocycles. The minimum absolute atomic E-state index is 0.0685. The number of quaternary nitrogens is 1. The first kappa shape index (κ1) is 40.9. The summed E-state index contributed by atoms with van der Waals surface area (Å²) < 4.78 is 64.5. The van der Waals surface area contributed by atoms with Gasteiger partial charge in [-0.3, -0.25) is 0 Å². The third-order valence-electron chi connectivity index (χ3n) is 6.68. The molecule has 2 unspecified atom stereocenters. The molecule has 0 saturated heterocycles. The van der Waals surface area contributed by atoms with Crippen molar-refractivity contribution in [1.29, 1.82) is 0 Å². The van der Waals surface area contributed by atoms with E-state index in [9.17, 15) is 8.42 Å². The zero-order valence-electron chi connectivity index (χ0n) is 26.4. The number of hydrogen-bond acceptors (Lipinski definition) is 7. The zero-order valence-corrected chi connectivity index (χ0v) is 28.1. The number of rotatable bonds is 25. The fourth-order valence-corrected chi connectivity index (χ4v) is 5.85. The van der Waals surface area contributed by atoms with Gasteiger partial charge in [-0.15, -0.1) is 0 Å². The van der Waals surface area contributed by atoms with Crippen molar-refractivity contribution in [3.63, 3.8) is 0 Å². The molecular formula is C29H63NO7S2. The lowest BCUT2D eigenvalue weighted by atomic mass is 10.0. The summed E-state index contributed by atoms with van der Waals surface area (Å²) in [5, 5.41) is 0. The average Bonchev–Trinajstić information content (AvgIpc) is 2.80. The first-order valence-electron chi connectivity index (χ1n) is 15.2. The Balaban J connectivity index is 0. The molecule has 0 fully saturated rings. The lowest BCUT2D eigenvalue weighted by Crippen LogP contribution is -2.36. The summed E-state index contributed by atoms with van der Waals surface area (Å²) >= 11 is 0. The number of unbranched alkanes of at least 4 members (excludes halogenated alkanes) is 11. The second-order valence-electron chi connectivity index (χ2n) is 11.8. The van der Waals surface area contributed by atoms with Crippen molar-refractivity contribution in [2.75, 3.05) is 59.2 Å². The Morgan fingerprint density at radius 1 is 0.692 bits per heavy atom. The van der Waals surface area contributed by atoms with Crippen LogP contribution < -0.4 is 0 Å². The Morgan fingerprint density at radius 3 is 1.54 bits per heavy atom. The van der Waals surface area contributed by atoms with Gasteiger partial charge in [0.1, 0.15) is 0 Å². The van der Waals surface area contributed by atoms with Crippen LogP contribution in [-0.2, 0) is 29.4 Å². The summed E-state index contributed by atoms with van der Waals surface area (Å²) in [7, 11) is 1.13. The van der Waals surface area contributed by atoms with Crippen LogP contribution in [0, 0.1) is 0 Å². The number of hydrogen-bond donors (Lipinski definition) is 0. The van der Waals surface area contributed by atoms with Crippen LogP contribution >= 0.6 is 0 Å². The maximum Gasteiger partial charge on any atom is 0.150 e. The lowest BCUT2D eigenvalue weighted by molar-refractivity contribution is -0.870. The van der Waals surface area contributed by atoms with Crippen LogP contribution in [-0.4, -0.2) is 97.2 Å². The van der Waals surface area contributed by atoms with Crippen LogP contribution in [0.3, 0.4) is 0 Å². The molecule has 0 rings (SSSR count). The number of nitrogens with zero attached hydrogens (tertiary/aromatic N) is 1. The predicted molar refractivity (Wildman–Crippen MR) is 163 cm³/mol. The molecule has 0 amide bonds. The van der Waals surface area contributed by atoms with Crippen molar-refractivity contribution in [2.24, 2.45) is 0 Å². The van der Waals surface area contributed by atoms with E-state index in [-0.39, 0.29) is 23.7 Å². The lowest BCUT2D eigenvalue weighted by Gasteiger charge is -2.25. The van der Waals surface area contributed by atoms with Crippen LogP contribution in [0.2, 0.25) is 0 Å². The van der Waals surface area contributed by atoms with Gasteiger partial charge in [-0.05, 0) is 19.3 Å². The Morgan fingerprint density at radius 2 is 1.13 bits per heavy atom. The van der Waals surface area contributed by atoms with E-state index >= 15 is 0 Å². The molecule has 0 aromatic rings. The first-order chi connectivity index (χ1) is 18.1. The van der Waals surface area contributed by atoms with E-state index < -0.39 is 20.0 Å². The van der Waals surface area contributed by atoms with E-state index in [0.717, 1.165) is 36.7 Å². The Bertz CT molecular complexity index is 738. The van der Waals surface area contributed by atoms with Crippen molar-refractivity contribution in [3.8, 4) is 0 Å². The van der Waals surface area contributed by atoms with Gasteiger partial charge in [-0.1, -0.05) is 90.9 Å². The summed E-state index contributed by atoms with van der Waals surface area (Å²) in [5.74, 6) is 0.500. The summed E-state index contributed by atoms with van der Waals surface area (Å²) in [4.78, 5) is 0. The van der Waals surface area contributed by atoms with Crippen molar-refractivity contribution in [3.05, 3.63) is 0 Å². The van der Waals surface area contributed by atoms with E-state index in [1.54, 1.807) is 7.11 Å². The van der Waals surface area contributed by atoms with Gasteiger partial charge in [0.25, 0.3) is 0 Å². The van der Waals surface area contributed by atoms with Crippen LogP contribution in [0.4, 0.5) is 0 Å². The van der Waals surface area contributed by atoms with Gasteiger partial charge < -0.3 is 18.5 Å². The highest BCUT2D eigenvalue weighted by molar-refractivity contribution is 7.91. The highest BCUT2D eigenvalue weighted by atomic mass is 32.2. The van der Waals surface area contributed by atoms with Crippen molar-refractivity contribution < 1.29 is 35.3 Å². The molecule has 2 atom stereocenters. The molecular weight excluding hydrogens is 538 g/mol. The maximum atomic E-state index is 12.3. The van der Waals surface area contributed by atoms with Crippen LogP contribution in [0.25, 0.3) is 0 Å². The SMILES string of the molecule is CCCCCCCCCCCCCCC(OCCCS(=O)(=O)CCC[N+](C)(C)C)C(CC)OC.CS(=O)(=O)[O-]. The molecule has 0 aliphatic rings. The van der Waals surface area contributed by atoms with E-state index in [1.807, 2.05) is 0 Å². The van der Waals surface area contributed by atoms with Gasteiger partial charge >= 0.3 is 0 Å². The molecule has 0 heterocycles. The fourth-order valence-electron chi connectivity index (χ4n) is 4.52. The largest absolute Gasteiger partial charge is 0.748 e. The minimum atomic E-state index is -3.92. The van der Waals surface area contributed by atoms with E-state index in [0.29, 0.717) is 19.3 Å². The average molecular weight is 602 g/mol. The van der Waals surface area contributed by atoms with E-state index in [4.69, 9.17) is 22.4 Å². The van der Waals surface area contributed by atoms with Crippen molar-refractivity contribution in [1.82, 2.24) is 0 Å². The standard InChI is InChI=1S/C28H60NO4S.CH4O3S/c1-7-9-10-11-12-13-14-15-16-17-18-19-22-28(27(8-2)32-6)33-24-21-26-34(30,31)25-20-23-29(3,4)5;1-5(2,3)4/h27-28H,7-26H2,1-6H3;1H3,(H,2,3,4)/q+1;/p-1. The monoisotopic (exact) mass is 601 g/mol. The molecule has 0 spiro atoms. The van der Waals surface area contributed by atoms with Crippen LogP contribution in [0.1, 0.15) is 117 Å². The number of ether oxygens (including phenoxy) is 2. The van der Waals surface area contributed by atoms with Crippen molar-refractivity contribution in [2.45, 2.75) is 129 Å². The molecule has 0 saturated carbocycles.